The van der Waals surface area contributed by atoms with Crippen molar-refractivity contribution in [1.29, 1.82) is 0 Å². The van der Waals surface area contributed by atoms with Crippen LogP contribution in [-0.2, 0) is 9.47 Å². The van der Waals surface area contributed by atoms with E-state index in [1.807, 2.05) is 0 Å². The van der Waals surface area contributed by atoms with E-state index < -0.39 is 23.8 Å². The first kappa shape index (κ1) is 17.9. The molecular weight excluding hydrogens is 331 g/mol. The number of urea groups is 1. The Bertz CT molecular complexity index is 805. The third-order valence-corrected chi connectivity index (χ3v) is 3.20. The van der Waals surface area contributed by atoms with Crippen LogP contribution in [0.15, 0.2) is 42.5 Å². The summed E-state index contributed by atoms with van der Waals surface area (Å²) in [5.41, 5.74) is 0.619. The minimum Gasteiger partial charge on any atom is -0.465 e. The molecule has 25 heavy (non-hydrogen) atoms. The summed E-state index contributed by atoms with van der Waals surface area (Å²) in [6.45, 7) is 0. The van der Waals surface area contributed by atoms with Crippen LogP contribution in [0.2, 0.25) is 0 Å². The normalized spacial score (nSPS) is 9.88. The summed E-state index contributed by atoms with van der Waals surface area (Å²) in [6.07, 6.45) is 0. The van der Waals surface area contributed by atoms with Crippen LogP contribution in [0.5, 0.6) is 0 Å². The van der Waals surface area contributed by atoms with Gasteiger partial charge in [0.15, 0.2) is 0 Å². The van der Waals surface area contributed by atoms with Crippen LogP contribution in [0.1, 0.15) is 20.7 Å². The lowest BCUT2D eigenvalue weighted by molar-refractivity contribution is 0.0587. The smallest absolute Gasteiger partial charge is 0.339 e. The molecule has 2 aromatic rings. The standard InChI is InChI=1S/C17H15FN2O5/c1-24-15(21)10-3-8-13(16(22)25-2)14(9-10)20-17(23)19-12-6-4-11(18)5-7-12/h3-9H,1-2H3,(H2,19,20,23). The van der Waals surface area contributed by atoms with E-state index in [4.69, 9.17) is 0 Å². The number of hydrogen-bond donors (Lipinski definition) is 2. The summed E-state index contributed by atoms with van der Waals surface area (Å²) in [5.74, 6) is -1.75. The number of benzene rings is 2. The number of amides is 2. The predicted octanol–water partition coefficient (Wildman–Crippen LogP) is 3.04. The molecule has 0 fully saturated rings. The summed E-state index contributed by atoms with van der Waals surface area (Å²) in [7, 11) is 2.41. The molecule has 0 saturated heterocycles. The van der Waals surface area contributed by atoms with E-state index in [2.05, 4.69) is 20.1 Å². The lowest BCUT2D eigenvalue weighted by atomic mass is 10.1. The predicted molar refractivity (Wildman–Crippen MR) is 88.2 cm³/mol. The maximum Gasteiger partial charge on any atom is 0.339 e. The first-order valence-corrected chi connectivity index (χ1v) is 7.09. The fourth-order valence-corrected chi connectivity index (χ4v) is 2.00. The Balaban J connectivity index is 2.25. The number of halogens is 1. The van der Waals surface area contributed by atoms with E-state index in [1.165, 1.54) is 56.7 Å². The molecule has 0 aliphatic carbocycles. The van der Waals surface area contributed by atoms with Crippen molar-refractivity contribution in [3.05, 3.63) is 59.4 Å². The number of carbonyl (C=O) groups excluding carboxylic acids is 3. The molecule has 0 radical (unpaired) electrons. The Morgan fingerprint density at radius 2 is 1.52 bits per heavy atom. The van der Waals surface area contributed by atoms with Gasteiger partial charge in [-0.15, -0.1) is 0 Å². The lowest BCUT2D eigenvalue weighted by Crippen LogP contribution is -2.21. The van der Waals surface area contributed by atoms with Crippen LogP contribution in [0.4, 0.5) is 20.6 Å². The monoisotopic (exact) mass is 346 g/mol. The molecule has 2 amide bonds. The maximum absolute atomic E-state index is 12.9. The number of rotatable bonds is 4. The number of carbonyl (C=O) groups is 3. The average molecular weight is 346 g/mol. The van der Waals surface area contributed by atoms with Gasteiger partial charge in [0, 0.05) is 5.69 Å². The van der Waals surface area contributed by atoms with Gasteiger partial charge in [-0.05, 0) is 42.5 Å². The molecule has 7 nitrogen and oxygen atoms in total. The number of methoxy groups -OCH3 is 2. The summed E-state index contributed by atoms with van der Waals surface area (Å²) in [5, 5.41) is 4.94. The van der Waals surface area contributed by atoms with Crippen molar-refractivity contribution in [2.24, 2.45) is 0 Å². The van der Waals surface area contributed by atoms with E-state index in [9.17, 15) is 18.8 Å². The number of esters is 2. The van der Waals surface area contributed by atoms with E-state index >= 15 is 0 Å². The Morgan fingerprint density at radius 1 is 0.880 bits per heavy atom. The highest BCUT2D eigenvalue weighted by Crippen LogP contribution is 2.20. The summed E-state index contributed by atoms with van der Waals surface area (Å²) in [6, 6.07) is 8.46. The molecule has 0 aromatic heterocycles. The first-order chi connectivity index (χ1) is 11.9. The topological polar surface area (TPSA) is 93.7 Å². The minimum absolute atomic E-state index is 0.0596. The van der Waals surface area contributed by atoms with Crippen molar-refractivity contribution in [2.75, 3.05) is 24.9 Å². The summed E-state index contributed by atoms with van der Waals surface area (Å²) < 4.78 is 22.1. The zero-order valence-electron chi connectivity index (χ0n) is 13.5. The molecule has 0 bridgehead atoms. The maximum atomic E-state index is 12.9. The average Bonchev–Trinajstić information content (AvgIpc) is 2.62. The molecule has 0 heterocycles. The second-order valence-electron chi connectivity index (χ2n) is 4.83. The second-order valence-corrected chi connectivity index (χ2v) is 4.83. The van der Waals surface area contributed by atoms with Gasteiger partial charge in [-0.2, -0.15) is 0 Å². The Morgan fingerprint density at radius 3 is 2.12 bits per heavy atom. The van der Waals surface area contributed by atoms with Gasteiger partial charge < -0.3 is 20.1 Å². The highest BCUT2D eigenvalue weighted by Gasteiger charge is 2.17. The van der Waals surface area contributed by atoms with Gasteiger partial charge in [-0.1, -0.05) is 0 Å². The molecule has 2 N–H and O–H groups in total. The van der Waals surface area contributed by atoms with Crippen LogP contribution in [0.3, 0.4) is 0 Å². The van der Waals surface area contributed by atoms with Crippen LogP contribution >= 0.6 is 0 Å². The van der Waals surface area contributed by atoms with Crippen molar-refractivity contribution in [2.45, 2.75) is 0 Å². The Labute approximate surface area is 142 Å². The van der Waals surface area contributed by atoms with Crippen molar-refractivity contribution in [1.82, 2.24) is 0 Å². The van der Waals surface area contributed by atoms with E-state index in [0.717, 1.165) is 0 Å². The fourth-order valence-electron chi connectivity index (χ4n) is 2.00. The molecule has 8 heteroatoms. The van der Waals surface area contributed by atoms with Crippen molar-refractivity contribution < 1.29 is 28.2 Å². The van der Waals surface area contributed by atoms with Crippen LogP contribution in [0, 0.1) is 5.82 Å². The lowest BCUT2D eigenvalue weighted by Gasteiger charge is -2.12. The van der Waals surface area contributed by atoms with Crippen molar-refractivity contribution in [3.63, 3.8) is 0 Å². The zero-order chi connectivity index (χ0) is 18.4. The zero-order valence-corrected chi connectivity index (χ0v) is 13.5. The largest absolute Gasteiger partial charge is 0.465 e. The number of anilines is 2. The van der Waals surface area contributed by atoms with Gasteiger partial charge in [-0.25, -0.2) is 18.8 Å². The van der Waals surface area contributed by atoms with Crippen LogP contribution < -0.4 is 10.6 Å². The fraction of sp³-hybridized carbons (Fsp3) is 0.118. The van der Waals surface area contributed by atoms with Gasteiger partial charge >= 0.3 is 18.0 Å². The molecule has 0 spiro atoms. The summed E-state index contributed by atoms with van der Waals surface area (Å²) in [4.78, 5) is 35.5. The highest BCUT2D eigenvalue weighted by molar-refractivity contribution is 6.06. The van der Waals surface area contributed by atoms with Crippen molar-refractivity contribution >= 4 is 29.3 Å². The second kappa shape index (κ2) is 7.91. The van der Waals surface area contributed by atoms with E-state index in [0.29, 0.717) is 5.69 Å². The third kappa shape index (κ3) is 4.54. The Kier molecular flexibility index (Phi) is 5.67. The highest BCUT2D eigenvalue weighted by atomic mass is 19.1. The molecule has 0 aliphatic heterocycles. The van der Waals surface area contributed by atoms with Gasteiger partial charge in [-0.3, -0.25) is 0 Å². The molecule has 0 saturated carbocycles. The van der Waals surface area contributed by atoms with Crippen LogP contribution in [-0.4, -0.2) is 32.2 Å². The van der Waals surface area contributed by atoms with Gasteiger partial charge in [0.2, 0.25) is 0 Å². The molecule has 2 rings (SSSR count). The number of ether oxygens (including phenoxy) is 2. The minimum atomic E-state index is -0.687. The molecule has 130 valence electrons. The van der Waals surface area contributed by atoms with Gasteiger partial charge in [0.05, 0.1) is 31.0 Å². The van der Waals surface area contributed by atoms with Gasteiger partial charge in [0.25, 0.3) is 0 Å². The SMILES string of the molecule is COC(=O)c1ccc(C(=O)OC)c(NC(=O)Nc2ccc(F)cc2)c1. The van der Waals surface area contributed by atoms with Crippen molar-refractivity contribution in [3.8, 4) is 0 Å². The van der Waals surface area contributed by atoms with E-state index in [-0.39, 0.29) is 16.8 Å². The van der Waals surface area contributed by atoms with Gasteiger partial charge in [0.1, 0.15) is 5.82 Å². The first-order valence-electron chi connectivity index (χ1n) is 7.09. The summed E-state index contributed by atoms with van der Waals surface area (Å²) >= 11 is 0. The Hall–Kier alpha value is -3.42. The van der Waals surface area contributed by atoms with Crippen LogP contribution in [0.25, 0.3) is 0 Å². The molecule has 2 aromatic carbocycles. The number of hydrogen-bond acceptors (Lipinski definition) is 5. The molecule has 0 aliphatic rings. The third-order valence-electron chi connectivity index (χ3n) is 3.20. The van der Waals surface area contributed by atoms with E-state index in [1.54, 1.807) is 0 Å². The number of nitrogens with one attached hydrogen (secondary N) is 2. The molecule has 0 unspecified atom stereocenters. The molecule has 0 atom stereocenters. The quantitative estimate of drug-likeness (QED) is 0.830. The molecular formula is C17H15FN2O5.